The molecule has 9 heteroatoms. The first-order valence-corrected chi connectivity index (χ1v) is 10.4. The normalized spacial score (nSPS) is 14.5. The van der Waals surface area contributed by atoms with E-state index >= 15 is 0 Å². The maximum absolute atomic E-state index is 12.6. The summed E-state index contributed by atoms with van der Waals surface area (Å²) in [7, 11) is 0. The lowest BCUT2D eigenvalue weighted by atomic mass is 10.1. The third kappa shape index (κ3) is 5.58. The molecule has 0 atom stereocenters. The van der Waals surface area contributed by atoms with Gasteiger partial charge in [-0.1, -0.05) is 23.4 Å². The summed E-state index contributed by atoms with van der Waals surface area (Å²) in [5, 5.41) is 10.9. The van der Waals surface area contributed by atoms with Gasteiger partial charge in [-0.15, -0.1) is 0 Å². The Morgan fingerprint density at radius 1 is 1.13 bits per heavy atom. The largest absolute Gasteiger partial charge is 0.360 e. The molecule has 1 aliphatic rings. The second-order valence-corrected chi connectivity index (χ2v) is 7.66. The molecule has 4 rings (SSSR count). The van der Waals surface area contributed by atoms with Gasteiger partial charge in [0.15, 0.2) is 5.82 Å². The van der Waals surface area contributed by atoms with Crippen LogP contribution in [0.1, 0.15) is 17.7 Å². The molecule has 31 heavy (non-hydrogen) atoms. The highest BCUT2D eigenvalue weighted by Crippen LogP contribution is 2.12. The topological polar surface area (TPSA) is 96.5 Å². The number of anilines is 1. The Bertz CT molecular complexity index is 1020. The van der Waals surface area contributed by atoms with Crippen LogP contribution in [-0.2, 0) is 16.0 Å². The molecule has 1 saturated heterocycles. The lowest BCUT2D eigenvalue weighted by molar-refractivity contribution is -0.133. The molecule has 1 aliphatic heterocycles. The molecule has 1 aromatic carbocycles. The number of nitrogens with one attached hydrogen (secondary N) is 1. The first-order chi connectivity index (χ1) is 15.1. The summed E-state index contributed by atoms with van der Waals surface area (Å²) < 4.78 is 6.77. The number of aromatic nitrogens is 3. The molecule has 0 radical (unpaired) electrons. The fraction of sp³-hybridized carbons (Fsp3) is 0.364. The molecule has 3 aromatic rings. The van der Waals surface area contributed by atoms with Crippen LogP contribution in [0.5, 0.6) is 0 Å². The van der Waals surface area contributed by atoms with Gasteiger partial charge in [0.05, 0.1) is 18.4 Å². The second kappa shape index (κ2) is 9.57. The van der Waals surface area contributed by atoms with Gasteiger partial charge in [0.2, 0.25) is 11.8 Å². The lowest BCUT2D eigenvalue weighted by Gasteiger charge is -2.34. The Labute approximate surface area is 180 Å². The zero-order chi connectivity index (χ0) is 21.6. The van der Waals surface area contributed by atoms with Crippen molar-refractivity contribution in [3.05, 3.63) is 60.1 Å². The number of piperazine rings is 1. The van der Waals surface area contributed by atoms with E-state index in [-0.39, 0.29) is 18.4 Å². The maximum atomic E-state index is 12.6. The summed E-state index contributed by atoms with van der Waals surface area (Å²) in [4.78, 5) is 28.7. The number of aryl methyl sites for hydroxylation is 2. The summed E-state index contributed by atoms with van der Waals surface area (Å²) >= 11 is 0. The Kier molecular flexibility index (Phi) is 6.42. The smallest absolute Gasteiger partial charge is 0.239 e. The average molecular weight is 422 g/mol. The van der Waals surface area contributed by atoms with E-state index in [4.69, 9.17) is 4.52 Å². The van der Waals surface area contributed by atoms with Crippen molar-refractivity contribution in [2.24, 2.45) is 0 Å². The van der Waals surface area contributed by atoms with Crippen LogP contribution in [0.25, 0.3) is 5.69 Å². The fourth-order valence-electron chi connectivity index (χ4n) is 3.59. The van der Waals surface area contributed by atoms with Crippen molar-refractivity contribution >= 4 is 17.6 Å². The summed E-state index contributed by atoms with van der Waals surface area (Å²) in [5.41, 5.74) is 2.04. The van der Waals surface area contributed by atoms with Gasteiger partial charge in [0.25, 0.3) is 0 Å². The SMILES string of the molecule is Cc1cc(NC(=O)CN2CCN(C(=O)CCc3cnn(-c4ccccc4)c3)CC2)no1. The van der Waals surface area contributed by atoms with Crippen LogP contribution in [0.3, 0.4) is 0 Å². The summed E-state index contributed by atoms with van der Waals surface area (Å²) in [6, 6.07) is 11.6. The zero-order valence-corrected chi connectivity index (χ0v) is 17.5. The number of para-hydroxylation sites is 1. The minimum absolute atomic E-state index is 0.134. The van der Waals surface area contributed by atoms with E-state index in [1.54, 1.807) is 13.0 Å². The first kappa shape index (κ1) is 20.8. The Balaban J connectivity index is 1.19. The molecular formula is C22H26N6O3. The molecule has 0 spiro atoms. The minimum Gasteiger partial charge on any atom is -0.360 e. The van der Waals surface area contributed by atoms with Crippen LogP contribution in [0, 0.1) is 6.92 Å². The summed E-state index contributed by atoms with van der Waals surface area (Å²) in [6.07, 6.45) is 4.89. The van der Waals surface area contributed by atoms with Gasteiger partial charge in [-0.25, -0.2) is 4.68 Å². The van der Waals surface area contributed by atoms with Crippen molar-refractivity contribution in [2.75, 3.05) is 38.0 Å². The zero-order valence-electron chi connectivity index (χ0n) is 17.5. The number of hydrogen-bond donors (Lipinski definition) is 1. The first-order valence-electron chi connectivity index (χ1n) is 10.4. The van der Waals surface area contributed by atoms with Crippen molar-refractivity contribution in [2.45, 2.75) is 19.8 Å². The predicted molar refractivity (Wildman–Crippen MR) is 115 cm³/mol. The van der Waals surface area contributed by atoms with Gasteiger partial charge >= 0.3 is 0 Å². The monoisotopic (exact) mass is 422 g/mol. The van der Waals surface area contributed by atoms with E-state index in [0.717, 1.165) is 11.3 Å². The van der Waals surface area contributed by atoms with Crippen LogP contribution in [0.15, 0.2) is 53.3 Å². The number of amides is 2. The van der Waals surface area contributed by atoms with Crippen molar-refractivity contribution in [3.63, 3.8) is 0 Å². The van der Waals surface area contributed by atoms with E-state index in [9.17, 15) is 9.59 Å². The standard InChI is InChI=1S/C22H26N6O3/c1-17-13-20(25-31-17)24-21(29)16-26-9-11-27(12-10-26)22(30)8-7-18-14-23-28(15-18)19-5-3-2-4-6-19/h2-6,13-15H,7-12,16H2,1H3,(H,24,25,29). The Hall–Kier alpha value is -3.46. The Morgan fingerprint density at radius 3 is 2.61 bits per heavy atom. The van der Waals surface area contributed by atoms with Gasteiger partial charge in [-0.05, 0) is 31.0 Å². The Morgan fingerprint density at radius 2 is 1.90 bits per heavy atom. The van der Waals surface area contributed by atoms with E-state index in [2.05, 4.69) is 15.6 Å². The maximum Gasteiger partial charge on any atom is 0.239 e. The highest BCUT2D eigenvalue weighted by atomic mass is 16.5. The van der Waals surface area contributed by atoms with Crippen LogP contribution in [0.4, 0.5) is 5.82 Å². The molecular weight excluding hydrogens is 396 g/mol. The quantitative estimate of drug-likeness (QED) is 0.625. The van der Waals surface area contributed by atoms with E-state index < -0.39 is 0 Å². The molecule has 0 saturated carbocycles. The number of benzene rings is 1. The van der Waals surface area contributed by atoms with Crippen molar-refractivity contribution in [1.29, 1.82) is 0 Å². The molecule has 2 amide bonds. The second-order valence-electron chi connectivity index (χ2n) is 7.66. The number of rotatable bonds is 7. The van der Waals surface area contributed by atoms with Crippen molar-refractivity contribution in [3.8, 4) is 5.69 Å². The van der Waals surface area contributed by atoms with Gasteiger partial charge in [-0.2, -0.15) is 5.10 Å². The fourth-order valence-corrected chi connectivity index (χ4v) is 3.59. The highest BCUT2D eigenvalue weighted by Gasteiger charge is 2.22. The van der Waals surface area contributed by atoms with Gasteiger partial charge in [0.1, 0.15) is 5.76 Å². The third-order valence-electron chi connectivity index (χ3n) is 5.27. The lowest BCUT2D eigenvalue weighted by Crippen LogP contribution is -2.50. The summed E-state index contributed by atoms with van der Waals surface area (Å²) in [5.74, 6) is 1.07. The number of carbonyl (C=O) groups excluding carboxylic acids is 2. The molecule has 9 nitrogen and oxygen atoms in total. The van der Waals surface area contributed by atoms with Crippen molar-refractivity contribution in [1.82, 2.24) is 24.7 Å². The van der Waals surface area contributed by atoms with Crippen molar-refractivity contribution < 1.29 is 14.1 Å². The molecule has 162 valence electrons. The molecule has 2 aromatic heterocycles. The molecule has 1 fully saturated rings. The van der Waals surface area contributed by atoms with Gasteiger partial charge < -0.3 is 14.7 Å². The number of carbonyl (C=O) groups is 2. The predicted octanol–water partition coefficient (Wildman–Crippen LogP) is 1.88. The summed E-state index contributed by atoms with van der Waals surface area (Å²) in [6.45, 7) is 4.63. The van der Waals surface area contributed by atoms with Crippen LogP contribution in [0.2, 0.25) is 0 Å². The number of nitrogens with zero attached hydrogens (tertiary/aromatic N) is 5. The van der Waals surface area contributed by atoms with E-state index in [1.165, 1.54) is 0 Å². The third-order valence-corrected chi connectivity index (χ3v) is 5.27. The van der Waals surface area contributed by atoms with Crippen LogP contribution < -0.4 is 5.32 Å². The molecule has 1 N–H and O–H groups in total. The van der Waals surface area contributed by atoms with Gasteiger partial charge in [-0.3, -0.25) is 14.5 Å². The minimum atomic E-state index is -0.136. The van der Waals surface area contributed by atoms with E-state index in [1.807, 2.05) is 57.2 Å². The number of hydrogen-bond acceptors (Lipinski definition) is 6. The van der Waals surface area contributed by atoms with Gasteiger partial charge in [0, 0.05) is 44.9 Å². The van der Waals surface area contributed by atoms with E-state index in [0.29, 0.717) is 50.6 Å². The van der Waals surface area contributed by atoms with Crippen LogP contribution in [-0.4, -0.2) is 69.3 Å². The molecule has 0 aliphatic carbocycles. The molecule has 0 unspecified atom stereocenters. The molecule has 3 heterocycles. The molecule has 0 bridgehead atoms. The van der Waals surface area contributed by atoms with Crippen LogP contribution >= 0.6 is 0 Å². The average Bonchev–Trinajstić information content (AvgIpc) is 3.42. The highest BCUT2D eigenvalue weighted by molar-refractivity contribution is 5.91.